The molecule has 3 heterocycles. The van der Waals surface area contributed by atoms with Gasteiger partial charge in [0.15, 0.2) is 0 Å². The SMILES string of the molecule is CC[C@H](C)[C@@H]([C@@H](CC(=O)N1CCC[C@H]1[C@H](OC)[C@@H](C)C(=O)N[C@H](C)[C@@H](O)c1ccccc1)OC)N(C)C(=O)[C@@H](NC(=O)[C@H](C(C)C)N(C)CCCCCCCCCCCCNc1cccc2c1C(=O)N(C1CCC(=O)NC1=O)C2=O)C(C)C. The number of piperidine rings is 1. The Balaban J connectivity index is 1.04. The van der Waals surface area contributed by atoms with Crippen molar-refractivity contribution in [1.82, 2.24) is 35.6 Å². The van der Waals surface area contributed by atoms with Crippen LogP contribution in [0.2, 0.25) is 0 Å². The number of hydrogen-bond acceptors (Lipinski definition) is 13. The first-order valence-corrected chi connectivity index (χ1v) is 30.8. The smallest absolute Gasteiger partial charge is 0.264 e. The number of carbonyl (C=O) groups excluding carboxylic acids is 8. The van der Waals surface area contributed by atoms with Crippen LogP contribution in [-0.4, -0.2) is 168 Å². The van der Waals surface area contributed by atoms with Gasteiger partial charge < -0.3 is 40.3 Å². The van der Waals surface area contributed by atoms with Crippen molar-refractivity contribution in [3.05, 3.63) is 65.2 Å². The number of ether oxygens (including phenoxy) is 2. The lowest BCUT2D eigenvalue weighted by atomic mass is 9.89. The Hall–Kier alpha value is -5.76. The van der Waals surface area contributed by atoms with E-state index >= 15 is 0 Å². The van der Waals surface area contributed by atoms with Crippen LogP contribution in [0.5, 0.6) is 0 Å². The van der Waals surface area contributed by atoms with E-state index in [0.29, 0.717) is 37.2 Å². The van der Waals surface area contributed by atoms with Crippen LogP contribution in [-0.2, 0) is 38.2 Å². The van der Waals surface area contributed by atoms with Crippen molar-refractivity contribution in [2.24, 2.45) is 23.7 Å². The summed E-state index contributed by atoms with van der Waals surface area (Å²) in [5.41, 5.74) is 1.82. The van der Waals surface area contributed by atoms with E-state index in [1.807, 2.05) is 72.0 Å². The van der Waals surface area contributed by atoms with Gasteiger partial charge in [-0.3, -0.25) is 53.5 Å². The summed E-state index contributed by atoms with van der Waals surface area (Å²) in [5.74, 6) is -3.85. The highest BCUT2D eigenvalue weighted by molar-refractivity contribution is 6.25. The second-order valence-corrected chi connectivity index (χ2v) is 24.3. The fraction of sp³-hybridized carbons (Fsp3) is 0.688. The van der Waals surface area contributed by atoms with Gasteiger partial charge in [-0.2, -0.15) is 0 Å². The Morgan fingerprint density at radius 1 is 0.759 bits per heavy atom. The van der Waals surface area contributed by atoms with Gasteiger partial charge in [0.25, 0.3) is 11.8 Å². The number of imide groups is 2. The van der Waals surface area contributed by atoms with E-state index < -0.39 is 78.1 Å². The lowest BCUT2D eigenvalue weighted by Gasteiger charge is -2.41. The van der Waals surface area contributed by atoms with E-state index in [9.17, 15) is 43.5 Å². The number of unbranched alkanes of at least 4 members (excludes halogenated alkanes) is 9. The number of amides is 8. The second kappa shape index (κ2) is 33.1. The Kier molecular flexibility index (Phi) is 27.1. The van der Waals surface area contributed by atoms with Crippen LogP contribution in [0.3, 0.4) is 0 Å². The minimum absolute atomic E-state index is 0.00417. The zero-order chi connectivity index (χ0) is 61.1. The molecule has 2 aromatic carbocycles. The topological polar surface area (TPSA) is 236 Å². The lowest BCUT2D eigenvalue weighted by Crippen LogP contribution is -2.60. The lowest BCUT2D eigenvalue weighted by molar-refractivity contribution is -0.148. The van der Waals surface area contributed by atoms with Gasteiger partial charge in [-0.15, -0.1) is 0 Å². The number of anilines is 1. The molecule has 3 aliphatic rings. The fourth-order valence-electron chi connectivity index (χ4n) is 12.6. The molecule has 19 heteroatoms. The predicted molar refractivity (Wildman–Crippen MR) is 321 cm³/mol. The number of fused-ring (bicyclic) bond motifs is 1. The maximum absolute atomic E-state index is 14.7. The highest BCUT2D eigenvalue weighted by Gasteiger charge is 2.47. The first kappa shape index (κ1) is 68.0. The van der Waals surface area contributed by atoms with Crippen LogP contribution in [0.15, 0.2) is 48.5 Å². The van der Waals surface area contributed by atoms with Gasteiger partial charge in [-0.25, -0.2) is 0 Å². The van der Waals surface area contributed by atoms with E-state index in [1.54, 1.807) is 63.1 Å². The molecule has 0 aromatic heterocycles. The molecule has 0 aliphatic carbocycles. The molecule has 3 aliphatic heterocycles. The number of nitrogens with zero attached hydrogens (tertiary/aromatic N) is 4. The van der Waals surface area contributed by atoms with E-state index in [2.05, 4.69) is 33.1 Å². The van der Waals surface area contributed by atoms with Crippen LogP contribution in [0, 0.1) is 23.7 Å². The molecule has 0 saturated carbocycles. The van der Waals surface area contributed by atoms with Crippen LogP contribution in [0.4, 0.5) is 5.69 Å². The third-order valence-electron chi connectivity index (χ3n) is 17.6. The molecule has 83 heavy (non-hydrogen) atoms. The van der Waals surface area contributed by atoms with Gasteiger partial charge in [0, 0.05) is 46.5 Å². The van der Waals surface area contributed by atoms with E-state index in [-0.39, 0.29) is 77.8 Å². The second-order valence-electron chi connectivity index (χ2n) is 24.3. The number of benzene rings is 2. The Morgan fingerprint density at radius 2 is 1.40 bits per heavy atom. The molecule has 2 fully saturated rings. The predicted octanol–water partition coefficient (Wildman–Crippen LogP) is 7.66. The van der Waals surface area contributed by atoms with Crippen LogP contribution >= 0.6 is 0 Å². The van der Waals surface area contributed by atoms with Gasteiger partial charge in [-0.1, -0.05) is 143 Å². The Bertz CT molecular complexity index is 2480. The van der Waals surface area contributed by atoms with Crippen LogP contribution in [0.25, 0.3) is 0 Å². The third-order valence-corrected chi connectivity index (χ3v) is 17.6. The minimum atomic E-state index is -0.997. The van der Waals surface area contributed by atoms with Gasteiger partial charge in [0.2, 0.25) is 35.4 Å². The number of likely N-dealkylation sites (tertiary alicyclic amines) is 1. The maximum atomic E-state index is 14.7. The fourth-order valence-corrected chi connectivity index (χ4v) is 12.6. The summed E-state index contributed by atoms with van der Waals surface area (Å²) in [6.45, 7) is 17.5. The van der Waals surface area contributed by atoms with Crippen molar-refractivity contribution in [3.63, 3.8) is 0 Å². The standard InChI is InChI=1S/C64H100N8O11/c1-13-42(6)56(50(82-11)39-52(74)71-38-28-33-48(71)58(83-12)43(7)59(76)66-44(8)57(75)45-29-23-22-24-30-45)70(10)64(81)54(40(2)3)68-61(78)55(41(4)5)69(9)37-26-21-19-17-15-14-16-18-20-25-36-65-47-32-27-31-46-53(47)63(80)72(62(46)79)49-34-35-51(73)67-60(49)77/h22-24,27,29-32,40-44,48-50,54-58,65,75H,13-21,25-26,28,33-39H2,1-12H3,(H,66,76)(H,68,78)(H,67,73,77)/t42-,43+,44+,48-,49?,50+,54-,55-,56-,57+,58+/m0/s1. The maximum Gasteiger partial charge on any atom is 0.264 e. The monoisotopic (exact) mass is 1160 g/mol. The number of methoxy groups -OCH3 is 2. The summed E-state index contributed by atoms with van der Waals surface area (Å²) in [6, 6.07) is 10.6. The number of aliphatic hydroxyl groups excluding tert-OH is 1. The van der Waals surface area contributed by atoms with Crippen molar-refractivity contribution in [2.75, 3.05) is 53.3 Å². The normalized spacial score (nSPS) is 19.7. The highest BCUT2D eigenvalue weighted by atomic mass is 16.5. The molecule has 0 radical (unpaired) electrons. The first-order valence-electron chi connectivity index (χ1n) is 30.8. The molecule has 8 amide bonds. The summed E-state index contributed by atoms with van der Waals surface area (Å²) < 4.78 is 12.1. The van der Waals surface area contributed by atoms with Gasteiger partial charge >= 0.3 is 0 Å². The van der Waals surface area contributed by atoms with Crippen molar-refractivity contribution >= 4 is 52.9 Å². The molecule has 0 spiro atoms. The minimum Gasteiger partial charge on any atom is -0.386 e. The number of nitrogens with one attached hydrogen (secondary N) is 4. The zero-order valence-electron chi connectivity index (χ0n) is 51.9. The average molecular weight is 1160 g/mol. The van der Waals surface area contributed by atoms with Crippen molar-refractivity contribution < 1.29 is 52.9 Å². The van der Waals surface area contributed by atoms with Gasteiger partial charge in [0.1, 0.15) is 12.1 Å². The molecule has 2 aromatic rings. The quantitative estimate of drug-likeness (QED) is 0.0330. The summed E-state index contributed by atoms with van der Waals surface area (Å²) in [5, 5.41) is 22.6. The Morgan fingerprint density at radius 3 is 1.99 bits per heavy atom. The van der Waals surface area contributed by atoms with Crippen LogP contribution < -0.4 is 21.3 Å². The first-order chi connectivity index (χ1) is 39.6. The molecule has 5 rings (SSSR count). The number of likely N-dealkylation sites (N-methyl/N-ethyl adjacent to an activating group) is 2. The Labute approximate surface area is 494 Å². The molecule has 19 nitrogen and oxygen atoms in total. The molecule has 11 atom stereocenters. The molecule has 1 unspecified atom stereocenters. The number of rotatable bonds is 35. The van der Waals surface area contributed by atoms with Crippen molar-refractivity contribution in [2.45, 2.75) is 213 Å². The third kappa shape index (κ3) is 17.9. The average Bonchev–Trinajstić information content (AvgIpc) is 3.41. The zero-order valence-corrected chi connectivity index (χ0v) is 51.9. The number of hydrogen-bond donors (Lipinski definition) is 5. The summed E-state index contributed by atoms with van der Waals surface area (Å²) >= 11 is 0. The molecule has 462 valence electrons. The molecule has 0 bridgehead atoms. The largest absolute Gasteiger partial charge is 0.386 e. The highest BCUT2D eigenvalue weighted by Crippen LogP contribution is 2.34. The van der Waals surface area contributed by atoms with Crippen LogP contribution in [0.1, 0.15) is 191 Å². The molecular formula is C64H100N8O11. The summed E-state index contributed by atoms with van der Waals surface area (Å²) in [7, 11) is 6.85. The molecule has 5 N–H and O–H groups in total. The van der Waals surface area contributed by atoms with E-state index in [1.165, 1.54) is 0 Å². The van der Waals surface area contributed by atoms with E-state index in [4.69, 9.17) is 9.47 Å². The molecule has 2 saturated heterocycles. The van der Waals surface area contributed by atoms with Crippen molar-refractivity contribution in [3.8, 4) is 0 Å². The van der Waals surface area contributed by atoms with E-state index in [0.717, 1.165) is 82.1 Å². The number of carbonyl (C=O) groups is 8. The van der Waals surface area contributed by atoms with Crippen molar-refractivity contribution in [1.29, 1.82) is 0 Å². The molecular weight excluding hydrogens is 1060 g/mol. The number of aliphatic hydroxyl groups is 1. The summed E-state index contributed by atoms with van der Waals surface area (Å²) in [4.78, 5) is 114. The summed E-state index contributed by atoms with van der Waals surface area (Å²) in [6.07, 6.45) is 10.8. The van der Waals surface area contributed by atoms with Gasteiger partial charge in [-0.05, 0) is 88.1 Å². The van der Waals surface area contributed by atoms with Gasteiger partial charge in [0.05, 0.1) is 65.9 Å².